The lowest BCUT2D eigenvalue weighted by Gasteiger charge is -2.25. The van der Waals surface area contributed by atoms with E-state index < -0.39 is 5.82 Å². The Morgan fingerprint density at radius 1 is 1.22 bits per heavy atom. The number of hydrogen-bond donors (Lipinski definition) is 2. The highest BCUT2D eigenvalue weighted by atomic mass is 35.5. The minimum Gasteiger partial charge on any atom is -0.358 e. The molecule has 0 saturated heterocycles. The molecule has 3 rings (SSSR count). The van der Waals surface area contributed by atoms with E-state index in [4.69, 9.17) is 11.6 Å². The van der Waals surface area contributed by atoms with Crippen LogP contribution < -0.4 is 5.32 Å². The molecule has 2 N–H and O–H groups in total. The fourth-order valence-electron chi connectivity index (χ4n) is 3.94. The number of fused-ring (bicyclic) bond motifs is 1. The van der Waals surface area contributed by atoms with Crippen molar-refractivity contribution in [2.24, 2.45) is 0 Å². The van der Waals surface area contributed by atoms with Crippen LogP contribution in [-0.4, -0.2) is 52.8 Å². The van der Waals surface area contributed by atoms with Crippen LogP contribution in [-0.2, 0) is 4.79 Å². The highest BCUT2D eigenvalue weighted by Crippen LogP contribution is 2.34. The number of H-pyrrole nitrogens is 1. The van der Waals surface area contributed by atoms with Gasteiger partial charge in [0, 0.05) is 35.7 Å². The first-order valence-electron chi connectivity index (χ1n) is 10.6. The van der Waals surface area contributed by atoms with Crippen LogP contribution in [0.1, 0.15) is 46.7 Å². The number of halogens is 2. The molecule has 0 unspecified atom stereocenters. The molecule has 0 radical (unpaired) electrons. The summed E-state index contributed by atoms with van der Waals surface area (Å²) in [7, 11) is 0. The predicted octanol–water partition coefficient (Wildman–Crippen LogP) is 4.76. The molecule has 8 heteroatoms. The second-order valence-corrected chi connectivity index (χ2v) is 8.16. The van der Waals surface area contributed by atoms with Gasteiger partial charge < -0.3 is 15.2 Å². The molecule has 0 fully saturated rings. The fourth-order valence-corrected chi connectivity index (χ4v) is 4.10. The van der Waals surface area contributed by atoms with E-state index >= 15 is 0 Å². The summed E-state index contributed by atoms with van der Waals surface area (Å²) in [4.78, 5) is 32.7. The van der Waals surface area contributed by atoms with Crippen LogP contribution in [0.5, 0.6) is 0 Å². The van der Waals surface area contributed by atoms with Crippen molar-refractivity contribution in [3.05, 3.63) is 63.8 Å². The normalized spacial score (nSPS) is 14.1. The number of amides is 2. The van der Waals surface area contributed by atoms with Gasteiger partial charge in [-0.3, -0.25) is 14.5 Å². The number of carbonyl (C=O) groups excluding carboxylic acids is 2. The zero-order valence-electron chi connectivity index (χ0n) is 18.8. The number of anilines is 1. The topological polar surface area (TPSA) is 68.4 Å². The van der Waals surface area contributed by atoms with Gasteiger partial charge in [-0.15, -0.1) is 0 Å². The number of aryl methyl sites for hydroxylation is 1. The van der Waals surface area contributed by atoms with Crippen LogP contribution in [0, 0.1) is 19.7 Å². The smallest absolute Gasteiger partial charge is 0.261 e. The van der Waals surface area contributed by atoms with E-state index in [9.17, 15) is 14.0 Å². The van der Waals surface area contributed by atoms with E-state index in [1.165, 1.54) is 23.1 Å². The first kappa shape index (κ1) is 23.8. The Hall–Kier alpha value is -2.90. The van der Waals surface area contributed by atoms with Crippen LogP contribution in [0.2, 0.25) is 0 Å². The Morgan fingerprint density at radius 2 is 1.91 bits per heavy atom. The first-order chi connectivity index (χ1) is 15.2. The molecule has 0 bridgehead atoms. The Labute approximate surface area is 192 Å². The van der Waals surface area contributed by atoms with Gasteiger partial charge >= 0.3 is 0 Å². The van der Waals surface area contributed by atoms with E-state index in [0.29, 0.717) is 52.4 Å². The van der Waals surface area contributed by atoms with Crippen molar-refractivity contribution in [1.29, 1.82) is 0 Å². The summed E-state index contributed by atoms with van der Waals surface area (Å²) >= 11 is 6.18. The molecule has 32 heavy (non-hydrogen) atoms. The molecular weight excluding hydrogens is 431 g/mol. The lowest BCUT2D eigenvalue weighted by Crippen LogP contribution is -2.37. The molecule has 170 valence electrons. The summed E-state index contributed by atoms with van der Waals surface area (Å²) in [5.41, 5.74) is 3.81. The SMILES string of the molecule is C=C(Cl)N(CCN(CC)CC)C(=O)c1c(C)[nH]c(/C=C2\C(=O)Nc3ccc(F)cc32)c1C. The third-order valence-corrected chi connectivity index (χ3v) is 6.02. The number of rotatable bonds is 8. The number of likely N-dealkylation sites (N-methyl/N-ethyl adjacent to an activating group) is 1. The summed E-state index contributed by atoms with van der Waals surface area (Å²) in [6.45, 7) is 14.3. The quantitative estimate of drug-likeness (QED) is 0.442. The minimum atomic E-state index is -0.425. The van der Waals surface area contributed by atoms with Crippen molar-refractivity contribution in [3.63, 3.8) is 0 Å². The molecule has 6 nitrogen and oxygen atoms in total. The zero-order chi connectivity index (χ0) is 23.6. The summed E-state index contributed by atoms with van der Waals surface area (Å²) < 4.78 is 13.8. The Morgan fingerprint density at radius 3 is 2.53 bits per heavy atom. The van der Waals surface area contributed by atoms with Crippen molar-refractivity contribution in [2.45, 2.75) is 27.7 Å². The predicted molar refractivity (Wildman–Crippen MR) is 127 cm³/mol. The standard InChI is InChI=1S/C24H28ClFN4O2/c1-6-29(7-2)10-11-30(16(5)25)24(32)22-14(3)21(27-15(22)4)13-19-18-12-17(26)8-9-20(18)28-23(19)31/h8-9,12-13,27H,5-7,10-11H2,1-4H3,(H,28,31)/b19-13-. The largest absolute Gasteiger partial charge is 0.358 e. The lowest BCUT2D eigenvalue weighted by molar-refractivity contribution is -0.110. The molecule has 2 aromatic rings. The summed E-state index contributed by atoms with van der Waals surface area (Å²) in [6.07, 6.45) is 1.65. The number of aromatic nitrogens is 1. The molecule has 2 amide bonds. The number of nitrogens with one attached hydrogen (secondary N) is 2. The first-order valence-corrected chi connectivity index (χ1v) is 11.0. The van der Waals surface area contributed by atoms with Crippen LogP contribution in [0.4, 0.5) is 10.1 Å². The maximum absolute atomic E-state index is 13.8. The van der Waals surface area contributed by atoms with Crippen LogP contribution in [0.25, 0.3) is 11.6 Å². The van der Waals surface area contributed by atoms with Gasteiger partial charge in [0.05, 0.1) is 11.1 Å². The molecule has 0 atom stereocenters. The third kappa shape index (κ3) is 4.64. The van der Waals surface area contributed by atoms with Gasteiger partial charge in [0.2, 0.25) is 0 Å². The average Bonchev–Trinajstić information content (AvgIpc) is 3.20. The van der Waals surface area contributed by atoms with E-state index in [-0.39, 0.29) is 17.0 Å². The molecule has 0 saturated carbocycles. The van der Waals surface area contributed by atoms with Crippen LogP contribution in [0.15, 0.2) is 29.9 Å². The average molecular weight is 459 g/mol. The van der Waals surface area contributed by atoms with E-state index in [1.54, 1.807) is 13.0 Å². The summed E-state index contributed by atoms with van der Waals surface area (Å²) in [5, 5.41) is 2.89. The Balaban J connectivity index is 1.95. The van der Waals surface area contributed by atoms with Crippen LogP contribution >= 0.6 is 11.6 Å². The molecule has 1 aromatic carbocycles. The van der Waals surface area contributed by atoms with E-state index in [0.717, 1.165) is 13.1 Å². The second-order valence-electron chi connectivity index (χ2n) is 7.73. The van der Waals surface area contributed by atoms with E-state index in [1.807, 2.05) is 6.92 Å². The third-order valence-electron chi connectivity index (χ3n) is 5.82. The summed E-state index contributed by atoms with van der Waals surface area (Å²) in [5.74, 6) is -0.999. The number of benzene rings is 1. The summed E-state index contributed by atoms with van der Waals surface area (Å²) in [6, 6.07) is 4.16. The molecule has 1 aliphatic heterocycles. The molecular formula is C24H28ClFN4O2. The van der Waals surface area contributed by atoms with Gasteiger partial charge in [-0.05, 0) is 56.8 Å². The monoisotopic (exact) mass is 458 g/mol. The highest BCUT2D eigenvalue weighted by Gasteiger charge is 2.28. The van der Waals surface area contributed by atoms with Gasteiger partial charge in [0.1, 0.15) is 11.0 Å². The molecule has 1 aromatic heterocycles. The van der Waals surface area contributed by atoms with Crippen molar-refractivity contribution < 1.29 is 14.0 Å². The van der Waals surface area contributed by atoms with Gasteiger partial charge in [-0.25, -0.2) is 4.39 Å². The molecule has 0 aliphatic carbocycles. The molecule has 0 spiro atoms. The Bertz CT molecular complexity index is 1100. The maximum Gasteiger partial charge on any atom is 0.261 e. The van der Waals surface area contributed by atoms with Crippen LogP contribution in [0.3, 0.4) is 0 Å². The highest BCUT2D eigenvalue weighted by molar-refractivity contribution is 6.35. The van der Waals surface area contributed by atoms with Gasteiger partial charge in [0.25, 0.3) is 11.8 Å². The van der Waals surface area contributed by atoms with Gasteiger partial charge in [-0.1, -0.05) is 32.0 Å². The number of carbonyl (C=O) groups is 2. The van der Waals surface area contributed by atoms with Gasteiger partial charge in [-0.2, -0.15) is 0 Å². The van der Waals surface area contributed by atoms with Crippen molar-refractivity contribution in [3.8, 4) is 0 Å². The zero-order valence-corrected chi connectivity index (χ0v) is 19.6. The molecule has 2 heterocycles. The van der Waals surface area contributed by atoms with Crippen molar-refractivity contribution in [2.75, 3.05) is 31.5 Å². The van der Waals surface area contributed by atoms with Gasteiger partial charge in [0.15, 0.2) is 0 Å². The number of aromatic amines is 1. The maximum atomic E-state index is 13.8. The minimum absolute atomic E-state index is 0.154. The van der Waals surface area contributed by atoms with E-state index in [2.05, 4.69) is 35.6 Å². The number of hydrogen-bond acceptors (Lipinski definition) is 3. The number of nitrogens with zero attached hydrogens (tertiary/aromatic N) is 2. The second kappa shape index (κ2) is 9.71. The van der Waals surface area contributed by atoms with Crippen molar-refractivity contribution >= 4 is 40.8 Å². The Kier molecular flexibility index (Phi) is 7.21. The fraction of sp³-hybridized carbons (Fsp3) is 0.333. The molecule has 1 aliphatic rings. The lowest BCUT2D eigenvalue weighted by atomic mass is 10.0. The van der Waals surface area contributed by atoms with Crippen molar-refractivity contribution in [1.82, 2.24) is 14.8 Å².